The van der Waals surface area contributed by atoms with Gasteiger partial charge >= 0.3 is 0 Å². The number of carbonyl (C=O) groups excluding carboxylic acids is 1. The number of nitrogens with zero attached hydrogens (tertiary/aromatic N) is 4. The lowest BCUT2D eigenvalue weighted by Crippen LogP contribution is -2.40. The highest BCUT2D eigenvalue weighted by Gasteiger charge is 2.32. The van der Waals surface area contributed by atoms with Gasteiger partial charge in [-0.05, 0) is 58.5 Å². The van der Waals surface area contributed by atoms with Crippen LogP contribution in [0.5, 0.6) is 0 Å². The fourth-order valence-corrected chi connectivity index (χ4v) is 4.40. The lowest BCUT2D eigenvalue weighted by Gasteiger charge is -2.33. The molecule has 0 aromatic carbocycles. The first-order valence-corrected chi connectivity index (χ1v) is 9.81. The summed E-state index contributed by atoms with van der Waals surface area (Å²) in [4.78, 5) is 17.6. The Labute approximate surface area is 146 Å². The maximum Gasteiger partial charge on any atom is 0.274 e. The lowest BCUT2D eigenvalue weighted by atomic mass is 9.90. The predicted molar refractivity (Wildman–Crippen MR) is 96.4 cm³/mol. The van der Waals surface area contributed by atoms with Crippen LogP contribution in [-0.2, 0) is 19.4 Å². The molecule has 1 unspecified atom stereocenters. The van der Waals surface area contributed by atoms with Crippen LogP contribution in [0.2, 0.25) is 0 Å². The topological polar surface area (TPSA) is 41.4 Å². The van der Waals surface area contributed by atoms with E-state index in [1.807, 2.05) is 4.90 Å². The number of aryl methyl sites for hydroxylation is 1. The Balaban J connectivity index is 1.88. The summed E-state index contributed by atoms with van der Waals surface area (Å²) in [5.41, 5.74) is 3.28. The Kier molecular flexibility index (Phi) is 5.59. The van der Waals surface area contributed by atoms with Crippen molar-refractivity contribution in [1.29, 1.82) is 0 Å². The van der Waals surface area contributed by atoms with Gasteiger partial charge in [-0.15, -0.1) is 0 Å². The molecular weight excluding hydrogens is 300 g/mol. The molecule has 1 aliphatic carbocycles. The van der Waals surface area contributed by atoms with Gasteiger partial charge in [0.15, 0.2) is 5.69 Å². The zero-order valence-electron chi connectivity index (χ0n) is 15.6. The smallest absolute Gasteiger partial charge is 0.274 e. The number of hydrogen-bond acceptors (Lipinski definition) is 3. The number of rotatable bonds is 5. The Bertz CT molecular complexity index is 570. The Morgan fingerprint density at radius 3 is 2.50 bits per heavy atom. The van der Waals surface area contributed by atoms with Crippen LogP contribution in [0.25, 0.3) is 0 Å². The van der Waals surface area contributed by atoms with E-state index in [4.69, 9.17) is 5.10 Å². The molecule has 2 heterocycles. The van der Waals surface area contributed by atoms with E-state index in [0.29, 0.717) is 6.04 Å². The highest BCUT2D eigenvalue weighted by atomic mass is 16.2. The van der Waals surface area contributed by atoms with Crippen molar-refractivity contribution in [3.8, 4) is 0 Å². The van der Waals surface area contributed by atoms with Crippen molar-refractivity contribution in [2.24, 2.45) is 0 Å². The van der Waals surface area contributed by atoms with Crippen molar-refractivity contribution in [1.82, 2.24) is 19.6 Å². The molecular formula is C19H32N4O. The number of piperidine rings is 1. The summed E-state index contributed by atoms with van der Waals surface area (Å²) in [6, 6.07) is 0.551. The molecule has 0 N–H and O–H groups in total. The third-order valence-corrected chi connectivity index (χ3v) is 5.79. The van der Waals surface area contributed by atoms with Gasteiger partial charge in [0.1, 0.15) is 0 Å². The molecule has 1 amide bonds. The van der Waals surface area contributed by atoms with Crippen molar-refractivity contribution in [2.45, 2.75) is 71.9 Å². The minimum absolute atomic E-state index is 0.165. The van der Waals surface area contributed by atoms with E-state index in [-0.39, 0.29) is 5.91 Å². The quantitative estimate of drug-likeness (QED) is 0.832. The third-order valence-electron chi connectivity index (χ3n) is 5.79. The molecule has 1 aliphatic heterocycles. The summed E-state index contributed by atoms with van der Waals surface area (Å²) in [6.07, 6.45) is 6.71. The van der Waals surface area contributed by atoms with Gasteiger partial charge in [0.05, 0.1) is 0 Å². The first-order valence-electron chi connectivity index (χ1n) is 9.81. The van der Waals surface area contributed by atoms with Crippen LogP contribution in [0.15, 0.2) is 0 Å². The van der Waals surface area contributed by atoms with Crippen LogP contribution < -0.4 is 0 Å². The summed E-state index contributed by atoms with van der Waals surface area (Å²) < 4.78 is 2.07. The molecule has 1 fully saturated rings. The Morgan fingerprint density at radius 2 is 1.88 bits per heavy atom. The van der Waals surface area contributed by atoms with Crippen molar-refractivity contribution < 1.29 is 4.79 Å². The van der Waals surface area contributed by atoms with Gasteiger partial charge in [-0.1, -0.05) is 13.8 Å². The molecule has 5 heteroatoms. The van der Waals surface area contributed by atoms with Crippen molar-refractivity contribution >= 4 is 5.91 Å². The van der Waals surface area contributed by atoms with E-state index in [2.05, 4.69) is 30.4 Å². The summed E-state index contributed by atoms with van der Waals surface area (Å²) >= 11 is 0. The van der Waals surface area contributed by atoms with E-state index in [1.165, 1.54) is 24.1 Å². The second kappa shape index (κ2) is 7.68. The van der Waals surface area contributed by atoms with Crippen LogP contribution in [0.1, 0.15) is 68.2 Å². The van der Waals surface area contributed by atoms with Crippen molar-refractivity contribution in [3.05, 3.63) is 17.0 Å². The molecule has 3 rings (SSSR count). The average Bonchev–Trinajstić information content (AvgIpc) is 3.01. The van der Waals surface area contributed by atoms with Crippen molar-refractivity contribution in [2.75, 3.05) is 26.2 Å². The number of aromatic nitrogens is 2. The number of amides is 1. The van der Waals surface area contributed by atoms with E-state index < -0.39 is 0 Å². The predicted octanol–water partition coefficient (Wildman–Crippen LogP) is 2.73. The van der Waals surface area contributed by atoms with Gasteiger partial charge in [-0.25, -0.2) is 0 Å². The Hall–Kier alpha value is -1.36. The fourth-order valence-electron chi connectivity index (χ4n) is 4.40. The molecule has 0 bridgehead atoms. The maximum absolute atomic E-state index is 13.1. The summed E-state index contributed by atoms with van der Waals surface area (Å²) in [5, 5.41) is 4.74. The molecule has 1 atom stereocenters. The van der Waals surface area contributed by atoms with Crippen LogP contribution in [0, 0.1) is 0 Å². The molecule has 2 aliphatic rings. The van der Waals surface area contributed by atoms with Gasteiger partial charge in [-0.2, -0.15) is 5.10 Å². The second-order valence-electron chi connectivity index (χ2n) is 7.06. The van der Waals surface area contributed by atoms with E-state index in [0.717, 1.165) is 64.1 Å². The van der Waals surface area contributed by atoms with E-state index >= 15 is 0 Å². The molecule has 0 saturated carbocycles. The standard InChI is InChI=1S/C19H32N4O/c1-4-21(5-2)15-10-11-17-16(14-15)18(20-23(17)6-3)19(24)22-12-8-7-9-13-22/h15H,4-14H2,1-3H3. The van der Waals surface area contributed by atoms with E-state index in [9.17, 15) is 4.79 Å². The summed E-state index contributed by atoms with van der Waals surface area (Å²) in [7, 11) is 0. The zero-order chi connectivity index (χ0) is 17.1. The first-order chi connectivity index (χ1) is 11.7. The molecule has 1 aromatic heterocycles. The van der Waals surface area contributed by atoms with Crippen molar-refractivity contribution in [3.63, 3.8) is 0 Å². The summed E-state index contributed by atoms with van der Waals surface area (Å²) in [6.45, 7) is 11.4. The molecule has 24 heavy (non-hydrogen) atoms. The van der Waals surface area contributed by atoms with Crippen LogP contribution in [0.3, 0.4) is 0 Å². The van der Waals surface area contributed by atoms with Crippen LogP contribution in [0.4, 0.5) is 0 Å². The zero-order valence-corrected chi connectivity index (χ0v) is 15.6. The van der Waals surface area contributed by atoms with Gasteiger partial charge in [0.2, 0.25) is 0 Å². The molecule has 5 nitrogen and oxygen atoms in total. The van der Waals surface area contributed by atoms with Crippen LogP contribution >= 0.6 is 0 Å². The average molecular weight is 332 g/mol. The molecule has 134 valence electrons. The van der Waals surface area contributed by atoms with E-state index in [1.54, 1.807) is 0 Å². The van der Waals surface area contributed by atoms with Gasteiger partial charge in [0, 0.05) is 36.9 Å². The summed E-state index contributed by atoms with van der Waals surface area (Å²) in [5.74, 6) is 0.165. The first kappa shape index (κ1) is 17.5. The monoisotopic (exact) mass is 332 g/mol. The number of fused-ring (bicyclic) bond motifs is 1. The highest BCUT2D eigenvalue weighted by Crippen LogP contribution is 2.28. The SMILES string of the molecule is CCN(CC)C1CCc2c(c(C(=O)N3CCCCC3)nn2CC)C1. The maximum atomic E-state index is 13.1. The molecule has 1 aromatic rings. The number of hydrogen-bond donors (Lipinski definition) is 0. The third kappa shape index (κ3) is 3.23. The second-order valence-corrected chi connectivity index (χ2v) is 7.06. The van der Waals surface area contributed by atoms with Crippen LogP contribution in [-0.4, -0.2) is 57.7 Å². The number of likely N-dealkylation sites (tertiary alicyclic amines) is 1. The van der Waals surface area contributed by atoms with Gasteiger partial charge in [-0.3, -0.25) is 9.48 Å². The minimum Gasteiger partial charge on any atom is -0.337 e. The normalized spacial score (nSPS) is 21.2. The highest BCUT2D eigenvalue weighted by molar-refractivity contribution is 5.94. The van der Waals surface area contributed by atoms with Gasteiger partial charge < -0.3 is 9.80 Å². The largest absolute Gasteiger partial charge is 0.337 e. The Morgan fingerprint density at radius 1 is 1.17 bits per heavy atom. The molecule has 0 radical (unpaired) electrons. The van der Waals surface area contributed by atoms with Gasteiger partial charge in [0.25, 0.3) is 5.91 Å². The fraction of sp³-hybridized carbons (Fsp3) is 0.789. The minimum atomic E-state index is 0.165. The molecule has 0 spiro atoms. The lowest BCUT2D eigenvalue weighted by molar-refractivity contribution is 0.0715. The number of carbonyl (C=O) groups is 1. The number of likely N-dealkylation sites (N-methyl/N-ethyl adjacent to an activating group) is 1. The molecule has 1 saturated heterocycles.